The Morgan fingerprint density at radius 2 is 2.33 bits per heavy atom. The van der Waals surface area contributed by atoms with Gasteiger partial charge in [-0.05, 0) is 23.2 Å². The quantitative estimate of drug-likeness (QED) is 0.365. The summed E-state index contributed by atoms with van der Waals surface area (Å²) in [5.41, 5.74) is 8.78. The first kappa shape index (κ1) is 8.30. The van der Waals surface area contributed by atoms with E-state index >= 15 is 0 Å². The molecule has 4 heteroatoms. The third-order valence-corrected chi connectivity index (χ3v) is 1.32. The predicted molar refractivity (Wildman–Crippen MR) is 44.6 cm³/mol. The first-order chi connectivity index (χ1) is 5.74. The molecular weight excluding hydrogens is 157 g/mol. The van der Waals surface area contributed by atoms with Crippen molar-refractivity contribution in [1.82, 2.24) is 0 Å². The molecule has 3 nitrogen and oxygen atoms in total. The van der Waals surface area contributed by atoms with Crippen LogP contribution in [0.1, 0.15) is 5.56 Å². The van der Waals surface area contributed by atoms with Crippen LogP contribution in [0.5, 0.6) is 0 Å². The van der Waals surface area contributed by atoms with Gasteiger partial charge in [-0.25, -0.2) is 4.39 Å². The molecule has 60 valence electrons. The Morgan fingerprint density at radius 1 is 1.58 bits per heavy atom. The van der Waals surface area contributed by atoms with Crippen molar-refractivity contribution in [2.45, 2.75) is 0 Å². The topological polar surface area (TPSA) is 48.8 Å². The lowest BCUT2D eigenvalue weighted by atomic mass is 10.2. The van der Waals surface area contributed by atoms with Crippen LogP contribution in [0.2, 0.25) is 0 Å². The molecule has 0 aliphatic heterocycles. The Morgan fingerprint density at radius 3 is 2.92 bits per heavy atom. The van der Waals surface area contributed by atoms with Gasteiger partial charge in [-0.2, -0.15) is 0 Å². The second-order valence-corrected chi connectivity index (χ2v) is 2.15. The van der Waals surface area contributed by atoms with Crippen molar-refractivity contribution >= 4 is 5.70 Å². The summed E-state index contributed by atoms with van der Waals surface area (Å²) in [4.78, 5) is 2.54. The summed E-state index contributed by atoms with van der Waals surface area (Å²) < 4.78 is 12.6. The van der Waals surface area contributed by atoms with E-state index in [9.17, 15) is 4.39 Å². The van der Waals surface area contributed by atoms with E-state index in [-0.39, 0.29) is 11.5 Å². The molecular formula is C8H6FN3. The highest BCUT2D eigenvalue weighted by Gasteiger charge is 1.96. The minimum absolute atomic E-state index is 0.219. The summed E-state index contributed by atoms with van der Waals surface area (Å²) in [5.74, 6) is -0.373. The molecule has 0 bridgehead atoms. The van der Waals surface area contributed by atoms with E-state index in [1.807, 2.05) is 0 Å². The van der Waals surface area contributed by atoms with E-state index in [0.717, 1.165) is 0 Å². The Hall–Kier alpha value is -1.80. The van der Waals surface area contributed by atoms with Gasteiger partial charge in [0, 0.05) is 10.6 Å². The van der Waals surface area contributed by atoms with Crippen LogP contribution in [-0.2, 0) is 0 Å². The minimum Gasteiger partial charge on any atom is -0.207 e. The number of hydrogen-bond acceptors (Lipinski definition) is 1. The number of halogens is 1. The maximum atomic E-state index is 12.6. The van der Waals surface area contributed by atoms with Crippen LogP contribution in [0.3, 0.4) is 0 Å². The summed E-state index contributed by atoms with van der Waals surface area (Å²) in [6, 6.07) is 5.73. The van der Waals surface area contributed by atoms with Gasteiger partial charge in [-0.3, -0.25) is 0 Å². The Kier molecular flexibility index (Phi) is 2.46. The molecule has 0 aliphatic carbocycles. The second kappa shape index (κ2) is 3.55. The Bertz CT molecular complexity index is 353. The fraction of sp³-hybridized carbons (Fsp3) is 0. The van der Waals surface area contributed by atoms with E-state index in [1.54, 1.807) is 6.07 Å². The van der Waals surface area contributed by atoms with Crippen molar-refractivity contribution in [2.75, 3.05) is 0 Å². The van der Waals surface area contributed by atoms with Crippen LogP contribution in [0, 0.1) is 5.82 Å². The maximum Gasteiger partial charge on any atom is 0.123 e. The molecule has 1 rings (SSSR count). The van der Waals surface area contributed by atoms with Gasteiger partial charge >= 0.3 is 0 Å². The summed E-state index contributed by atoms with van der Waals surface area (Å²) in [6.45, 7) is 3.47. The van der Waals surface area contributed by atoms with Gasteiger partial charge in [-0.1, -0.05) is 23.8 Å². The average molecular weight is 163 g/mol. The normalized spacial score (nSPS) is 8.75. The fourth-order valence-corrected chi connectivity index (χ4v) is 0.780. The van der Waals surface area contributed by atoms with Crippen LogP contribution in [-0.4, -0.2) is 0 Å². The molecule has 0 N–H and O–H groups in total. The molecule has 0 aliphatic rings. The predicted octanol–water partition coefficient (Wildman–Crippen LogP) is 3.11. The third-order valence-electron chi connectivity index (χ3n) is 1.32. The van der Waals surface area contributed by atoms with Crippen LogP contribution < -0.4 is 0 Å². The van der Waals surface area contributed by atoms with Crippen LogP contribution in [0.4, 0.5) is 4.39 Å². The van der Waals surface area contributed by atoms with E-state index in [0.29, 0.717) is 5.56 Å². The highest BCUT2D eigenvalue weighted by molar-refractivity contribution is 5.61. The van der Waals surface area contributed by atoms with E-state index in [2.05, 4.69) is 16.6 Å². The Balaban J connectivity index is 3.03. The smallest absolute Gasteiger partial charge is 0.123 e. The zero-order chi connectivity index (χ0) is 8.97. The highest BCUT2D eigenvalue weighted by atomic mass is 19.1. The maximum absolute atomic E-state index is 12.6. The number of rotatable bonds is 2. The molecule has 0 radical (unpaired) electrons. The standard InChI is InChI=1S/C8H6FN3/c1-6(11-12-10)7-3-2-4-8(9)5-7/h2-5H,1H2. The monoisotopic (exact) mass is 163 g/mol. The van der Waals surface area contributed by atoms with Gasteiger partial charge in [0.05, 0.1) is 0 Å². The first-order valence-corrected chi connectivity index (χ1v) is 3.24. The zero-order valence-corrected chi connectivity index (χ0v) is 6.24. The lowest BCUT2D eigenvalue weighted by Crippen LogP contribution is -1.79. The van der Waals surface area contributed by atoms with Crippen molar-refractivity contribution in [3.63, 3.8) is 0 Å². The molecule has 1 aromatic carbocycles. The first-order valence-electron chi connectivity index (χ1n) is 3.24. The highest BCUT2D eigenvalue weighted by Crippen LogP contribution is 2.14. The van der Waals surface area contributed by atoms with E-state index in [1.165, 1.54) is 18.2 Å². The van der Waals surface area contributed by atoms with Gasteiger partial charge in [-0.15, -0.1) is 0 Å². The third kappa shape index (κ3) is 1.84. The van der Waals surface area contributed by atoms with E-state index < -0.39 is 0 Å². The average Bonchev–Trinajstić information content (AvgIpc) is 2.05. The lowest BCUT2D eigenvalue weighted by Gasteiger charge is -1.96. The van der Waals surface area contributed by atoms with Crippen LogP contribution >= 0.6 is 0 Å². The molecule has 1 aromatic rings. The largest absolute Gasteiger partial charge is 0.207 e. The van der Waals surface area contributed by atoms with Gasteiger partial charge in [0.1, 0.15) is 5.82 Å². The van der Waals surface area contributed by atoms with Gasteiger partial charge in [0.15, 0.2) is 0 Å². The van der Waals surface area contributed by atoms with Gasteiger partial charge in [0.2, 0.25) is 0 Å². The number of hydrogen-bond donors (Lipinski definition) is 0. The molecule has 0 amide bonds. The molecule has 0 saturated carbocycles. The molecule has 0 unspecified atom stereocenters. The molecule has 12 heavy (non-hydrogen) atoms. The van der Waals surface area contributed by atoms with Crippen LogP contribution in [0.15, 0.2) is 36.0 Å². The molecule has 0 fully saturated rings. The van der Waals surface area contributed by atoms with Gasteiger partial charge < -0.3 is 0 Å². The van der Waals surface area contributed by atoms with Crippen molar-refractivity contribution in [1.29, 1.82) is 0 Å². The van der Waals surface area contributed by atoms with Crippen molar-refractivity contribution in [3.05, 3.63) is 52.7 Å². The fourth-order valence-electron chi connectivity index (χ4n) is 0.780. The number of nitrogens with zero attached hydrogens (tertiary/aromatic N) is 3. The minimum atomic E-state index is -0.373. The molecule has 0 atom stereocenters. The molecule has 0 heterocycles. The number of benzene rings is 1. The molecule has 0 saturated heterocycles. The zero-order valence-electron chi connectivity index (χ0n) is 6.24. The summed E-state index contributed by atoms with van der Waals surface area (Å²) >= 11 is 0. The lowest BCUT2D eigenvalue weighted by molar-refractivity contribution is 0.627. The van der Waals surface area contributed by atoms with Crippen molar-refractivity contribution in [3.8, 4) is 0 Å². The van der Waals surface area contributed by atoms with Crippen molar-refractivity contribution < 1.29 is 4.39 Å². The molecule has 0 aromatic heterocycles. The summed E-state index contributed by atoms with van der Waals surface area (Å²) in [5, 5.41) is 3.26. The van der Waals surface area contributed by atoms with Crippen LogP contribution in [0.25, 0.3) is 16.1 Å². The summed E-state index contributed by atoms with van der Waals surface area (Å²) in [7, 11) is 0. The summed E-state index contributed by atoms with van der Waals surface area (Å²) in [6.07, 6.45) is 0. The second-order valence-electron chi connectivity index (χ2n) is 2.15. The Labute approximate surface area is 68.8 Å². The molecule has 0 spiro atoms. The van der Waals surface area contributed by atoms with Gasteiger partial charge in [0.25, 0.3) is 0 Å². The number of azide groups is 1. The SMILES string of the molecule is C=C(N=[N+]=[N-])c1cccc(F)c1. The van der Waals surface area contributed by atoms with Crippen molar-refractivity contribution in [2.24, 2.45) is 5.11 Å². The van der Waals surface area contributed by atoms with E-state index in [4.69, 9.17) is 5.53 Å².